The molecule has 0 aliphatic rings. The summed E-state index contributed by atoms with van der Waals surface area (Å²) in [5, 5.41) is 11.1. The number of nitrogens with zero attached hydrogens (tertiary/aromatic N) is 1. The van der Waals surface area contributed by atoms with Gasteiger partial charge in [-0.15, -0.1) is 0 Å². The predicted molar refractivity (Wildman–Crippen MR) is 72.8 cm³/mol. The summed E-state index contributed by atoms with van der Waals surface area (Å²) in [7, 11) is 0. The fourth-order valence-electron chi connectivity index (χ4n) is 1.46. The summed E-state index contributed by atoms with van der Waals surface area (Å²) in [5.41, 5.74) is -0.913. The summed E-state index contributed by atoms with van der Waals surface area (Å²) in [6.45, 7) is 3.14. The highest BCUT2D eigenvalue weighted by molar-refractivity contribution is 6.31. The van der Waals surface area contributed by atoms with Gasteiger partial charge < -0.3 is 4.74 Å². The normalized spacial score (nSPS) is 11.1. The van der Waals surface area contributed by atoms with Crippen LogP contribution in [0.15, 0.2) is 30.0 Å². The Morgan fingerprint density at radius 3 is 2.60 bits per heavy atom. The molecule has 0 amide bonds. The second-order valence-electron chi connectivity index (χ2n) is 3.79. The summed E-state index contributed by atoms with van der Waals surface area (Å²) in [6, 6.07) is 3.62. The number of halogens is 1. The summed E-state index contributed by atoms with van der Waals surface area (Å²) in [5.74, 6) is -1.30. The van der Waals surface area contributed by atoms with Gasteiger partial charge >= 0.3 is 0 Å². The summed E-state index contributed by atoms with van der Waals surface area (Å²) in [4.78, 5) is 33.9. The summed E-state index contributed by atoms with van der Waals surface area (Å²) >= 11 is 5.67. The van der Waals surface area contributed by atoms with Crippen molar-refractivity contribution in [3.05, 3.63) is 50.7 Å². The molecule has 0 N–H and O–H groups in total. The van der Waals surface area contributed by atoms with Gasteiger partial charge in [0, 0.05) is 11.1 Å². The lowest BCUT2D eigenvalue weighted by Crippen LogP contribution is -2.13. The molecule has 0 unspecified atom stereocenters. The van der Waals surface area contributed by atoms with Gasteiger partial charge in [-0.3, -0.25) is 19.7 Å². The zero-order valence-corrected chi connectivity index (χ0v) is 11.6. The molecule has 0 atom stereocenters. The van der Waals surface area contributed by atoms with E-state index >= 15 is 0 Å². The molecule has 0 aliphatic carbocycles. The van der Waals surface area contributed by atoms with E-state index in [0.29, 0.717) is 0 Å². The highest BCUT2D eigenvalue weighted by Crippen LogP contribution is 2.25. The van der Waals surface area contributed by atoms with Gasteiger partial charge in [-0.05, 0) is 26.0 Å². The average Bonchev–Trinajstić information content (AvgIpc) is 2.38. The SMILES string of the molecule is CCOC=C(C(C)=O)C(=O)c1ccc(Cl)cc1[N+](=O)[O-]. The number of ether oxygens (including phenoxy) is 1. The zero-order valence-electron chi connectivity index (χ0n) is 10.9. The maximum absolute atomic E-state index is 12.2. The lowest BCUT2D eigenvalue weighted by Gasteiger charge is -2.05. The molecular weight excluding hydrogens is 286 g/mol. The number of ketones is 2. The minimum absolute atomic E-state index is 0.131. The monoisotopic (exact) mass is 297 g/mol. The van der Waals surface area contributed by atoms with E-state index in [9.17, 15) is 19.7 Å². The first-order valence-corrected chi connectivity index (χ1v) is 6.07. The number of hydrogen-bond donors (Lipinski definition) is 0. The summed E-state index contributed by atoms with van der Waals surface area (Å²) in [6.07, 6.45) is 1.02. The highest BCUT2D eigenvalue weighted by Gasteiger charge is 2.25. The third-order valence-electron chi connectivity index (χ3n) is 2.39. The van der Waals surface area contributed by atoms with Gasteiger partial charge in [0.2, 0.25) is 5.78 Å². The Kier molecular flexibility index (Phi) is 5.40. The van der Waals surface area contributed by atoms with Crippen molar-refractivity contribution in [2.75, 3.05) is 6.61 Å². The van der Waals surface area contributed by atoms with E-state index in [2.05, 4.69) is 0 Å². The molecule has 0 radical (unpaired) electrons. The first-order chi connectivity index (χ1) is 9.38. The largest absolute Gasteiger partial charge is 0.501 e. The molecule has 6 nitrogen and oxygen atoms in total. The van der Waals surface area contributed by atoms with Crippen LogP contribution in [0.5, 0.6) is 0 Å². The lowest BCUT2D eigenvalue weighted by molar-refractivity contribution is -0.385. The number of hydrogen-bond acceptors (Lipinski definition) is 5. The smallest absolute Gasteiger partial charge is 0.282 e. The van der Waals surface area contributed by atoms with Crippen molar-refractivity contribution in [1.29, 1.82) is 0 Å². The first-order valence-electron chi connectivity index (χ1n) is 5.69. The Morgan fingerprint density at radius 2 is 2.10 bits per heavy atom. The van der Waals surface area contributed by atoms with E-state index in [-0.39, 0.29) is 22.8 Å². The minimum atomic E-state index is -0.769. The van der Waals surface area contributed by atoms with Crippen LogP contribution in [-0.2, 0) is 9.53 Å². The fourth-order valence-corrected chi connectivity index (χ4v) is 1.62. The van der Waals surface area contributed by atoms with Gasteiger partial charge in [-0.1, -0.05) is 11.6 Å². The second kappa shape index (κ2) is 6.81. The Hall–Kier alpha value is -2.21. The third-order valence-corrected chi connectivity index (χ3v) is 2.63. The average molecular weight is 298 g/mol. The number of carbonyl (C=O) groups is 2. The standard InChI is InChI=1S/C13H12ClNO5/c1-3-20-7-11(8(2)16)13(17)10-5-4-9(14)6-12(10)15(18)19/h4-7H,3H2,1-2H3. The first kappa shape index (κ1) is 15.8. The molecule has 0 bridgehead atoms. The minimum Gasteiger partial charge on any atom is -0.501 e. The molecule has 0 spiro atoms. The molecular formula is C13H12ClNO5. The Balaban J connectivity index is 3.32. The van der Waals surface area contributed by atoms with Crippen LogP contribution in [0.1, 0.15) is 24.2 Å². The van der Waals surface area contributed by atoms with E-state index < -0.39 is 22.2 Å². The quantitative estimate of drug-likeness (QED) is 0.153. The van der Waals surface area contributed by atoms with Crippen LogP contribution in [0.4, 0.5) is 5.69 Å². The Labute approximate surface area is 120 Å². The highest BCUT2D eigenvalue weighted by atomic mass is 35.5. The van der Waals surface area contributed by atoms with E-state index in [4.69, 9.17) is 16.3 Å². The van der Waals surface area contributed by atoms with Crippen molar-refractivity contribution in [2.24, 2.45) is 0 Å². The third kappa shape index (κ3) is 3.64. The van der Waals surface area contributed by atoms with Crippen molar-refractivity contribution >= 4 is 28.9 Å². The van der Waals surface area contributed by atoms with Crippen LogP contribution < -0.4 is 0 Å². The van der Waals surface area contributed by atoms with Crippen molar-refractivity contribution < 1.29 is 19.2 Å². The van der Waals surface area contributed by atoms with Crippen molar-refractivity contribution in [3.8, 4) is 0 Å². The van der Waals surface area contributed by atoms with Crippen molar-refractivity contribution in [1.82, 2.24) is 0 Å². The van der Waals surface area contributed by atoms with E-state index in [0.717, 1.165) is 12.3 Å². The molecule has 0 heterocycles. The van der Waals surface area contributed by atoms with Crippen molar-refractivity contribution in [2.45, 2.75) is 13.8 Å². The van der Waals surface area contributed by atoms with Crippen LogP contribution in [0.25, 0.3) is 0 Å². The van der Waals surface area contributed by atoms with Gasteiger partial charge in [0.25, 0.3) is 5.69 Å². The molecule has 0 saturated heterocycles. The molecule has 7 heteroatoms. The molecule has 0 saturated carbocycles. The van der Waals surface area contributed by atoms with Crippen LogP contribution in [0.2, 0.25) is 5.02 Å². The van der Waals surface area contributed by atoms with Crippen LogP contribution in [-0.4, -0.2) is 23.1 Å². The number of nitro benzene ring substituents is 1. The number of allylic oxidation sites excluding steroid dienone is 1. The van der Waals surface area contributed by atoms with Crippen molar-refractivity contribution in [3.63, 3.8) is 0 Å². The van der Waals surface area contributed by atoms with Crippen LogP contribution in [0.3, 0.4) is 0 Å². The molecule has 0 fully saturated rings. The maximum atomic E-state index is 12.2. The molecule has 1 rings (SSSR count). The molecule has 106 valence electrons. The molecule has 0 aliphatic heterocycles. The van der Waals surface area contributed by atoms with E-state index in [1.54, 1.807) is 6.92 Å². The van der Waals surface area contributed by atoms with Crippen LogP contribution in [0, 0.1) is 10.1 Å². The van der Waals surface area contributed by atoms with E-state index in [1.807, 2.05) is 0 Å². The molecule has 20 heavy (non-hydrogen) atoms. The number of Topliss-reactive ketones (excluding diaryl/α,β-unsaturated/α-hetero) is 2. The molecule has 1 aromatic carbocycles. The second-order valence-corrected chi connectivity index (χ2v) is 4.23. The van der Waals surface area contributed by atoms with Gasteiger partial charge in [0.1, 0.15) is 5.56 Å². The van der Waals surface area contributed by atoms with Gasteiger partial charge in [-0.2, -0.15) is 0 Å². The predicted octanol–water partition coefficient (Wildman–Crippen LogP) is 2.94. The van der Waals surface area contributed by atoms with E-state index in [1.165, 1.54) is 19.1 Å². The van der Waals surface area contributed by atoms with Gasteiger partial charge in [-0.25, -0.2) is 0 Å². The molecule has 0 aromatic heterocycles. The molecule has 1 aromatic rings. The lowest BCUT2D eigenvalue weighted by atomic mass is 10.0. The van der Waals surface area contributed by atoms with Crippen LogP contribution >= 0.6 is 11.6 Å². The zero-order chi connectivity index (χ0) is 15.3. The maximum Gasteiger partial charge on any atom is 0.282 e. The number of rotatable bonds is 6. The topological polar surface area (TPSA) is 86.5 Å². The Morgan fingerprint density at radius 1 is 1.45 bits per heavy atom. The fraction of sp³-hybridized carbons (Fsp3) is 0.231. The number of benzene rings is 1. The Bertz CT molecular complexity index is 594. The van der Waals surface area contributed by atoms with Gasteiger partial charge in [0.05, 0.1) is 23.4 Å². The number of nitro groups is 1. The number of carbonyl (C=O) groups excluding carboxylic acids is 2. The van der Waals surface area contributed by atoms with Gasteiger partial charge in [0.15, 0.2) is 5.78 Å². The summed E-state index contributed by atoms with van der Waals surface area (Å²) < 4.78 is 4.92.